The van der Waals surface area contributed by atoms with Crippen LogP contribution in [0.15, 0.2) is 0 Å². The van der Waals surface area contributed by atoms with Crippen LogP contribution in [0.3, 0.4) is 0 Å². The van der Waals surface area contributed by atoms with E-state index in [1.54, 1.807) is 6.92 Å². The Bertz CT molecular complexity index is 587. The van der Waals surface area contributed by atoms with Crippen molar-refractivity contribution in [2.75, 3.05) is 0 Å². The van der Waals surface area contributed by atoms with Gasteiger partial charge in [0.2, 0.25) is 0 Å². The molecule has 4 heteroatoms. The Labute approximate surface area is 222 Å². The summed E-state index contributed by atoms with van der Waals surface area (Å²) < 4.78 is 55.2. The van der Waals surface area contributed by atoms with Gasteiger partial charge in [0.05, 0.1) is 0 Å². The van der Waals surface area contributed by atoms with Crippen molar-refractivity contribution in [2.24, 2.45) is 47.3 Å². The molecule has 4 aliphatic carbocycles. The first-order chi connectivity index (χ1) is 15.9. The largest absolute Gasteiger partial charge is 0.251 e. The summed E-state index contributed by atoms with van der Waals surface area (Å²) in [7, 11) is 0. The van der Waals surface area contributed by atoms with Crippen LogP contribution >= 0.6 is 0 Å². The van der Waals surface area contributed by atoms with Gasteiger partial charge in [-0.05, 0) is 67.6 Å². The van der Waals surface area contributed by atoms with Crippen LogP contribution in [0.5, 0.6) is 0 Å². The molecule has 4 rings (SSSR count). The van der Waals surface area contributed by atoms with Crippen LogP contribution in [0.25, 0.3) is 0 Å². The summed E-state index contributed by atoms with van der Waals surface area (Å²) in [4.78, 5) is 0. The van der Waals surface area contributed by atoms with E-state index in [-0.39, 0.29) is 39.5 Å². The summed E-state index contributed by atoms with van der Waals surface area (Å²) in [5.41, 5.74) is 0. The predicted molar refractivity (Wildman–Crippen MR) is 148 cm³/mol. The Hall–Kier alpha value is -0.280. The summed E-state index contributed by atoms with van der Waals surface area (Å²) in [5, 5.41) is 0. The monoisotopic (exact) mass is 520 g/mol. The van der Waals surface area contributed by atoms with E-state index >= 15 is 0 Å². The molecule has 0 N–H and O–H groups in total. The molecule has 0 aromatic carbocycles. The molecule has 0 radical (unpaired) electrons. The average molecular weight is 521 g/mol. The molecule has 0 aromatic rings. The third-order valence-corrected chi connectivity index (χ3v) is 10.1. The van der Waals surface area contributed by atoms with Gasteiger partial charge in [-0.15, -0.1) is 0 Å². The SMILES string of the molecule is C.C.CC1CCC(CC2CCC(C)C(F)(F)C2)CC1.CC1CCC(CC2CCC(C)CC2(F)F)CC1. The zero-order valence-corrected chi connectivity index (χ0v) is 22.4. The van der Waals surface area contributed by atoms with Crippen molar-refractivity contribution in [1.82, 2.24) is 0 Å². The molecule has 36 heavy (non-hydrogen) atoms. The van der Waals surface area contributed by atoms with E-state index in [1.807, 2.05) is 6.92 Å². The molecule has 0 nitrogen and oxygen atoms in total. The fourth-order valence-electron chi connectivity index (χ4n) is 7.31. The molecule has 0 bridgehead atoms. The van der Waals surface area contributed by atoms with Crippen molar-refractivity contribution in [2.45, 2.75) is 157 Å². The first-order valence-corrected chi connectivity index (χ1v) is 14.7. The lowest BCUT2D eigenvalue weighted by molar-refractivity contribution is -0.108. The first-order valence-electron chi connectivity index (χ1n) is 14.7. The van der Waals surface area contributed by atoms with Crippen molar-refractivity contribution >= 4 is 0 Å². The maximum absolute atomic E-state index is 14.0. The fraction of sp³-hybridized carbons (Fsp3) is 1.00. The van der Waals surface area contributed by atoms with Crippen LogP contribution in [0.2, 0.25) is 0 Å². The van der Waals surface area contributed by atoms with Crippen LogP contribution in [0, 0.1) is 47.3 Å². The number of halogens is 4. The topological polar surface area (TPSA) is 0 Å². The molecule has 4 fully saturated rings. The maximum Gasteiger partial charge on any atom is 0.251 e. The highest BCUT2D eigenvalue weighted by molar-refractivity contribution is 4.87. The molecule has 0 aromatic heterocycles. The number of hydrogen-bond acceptors (Lipinski definition) is 0. The first kappa shape index (κ1) is 33.7. The quantitative estimate of drug-likeness (QED) is 0.323. The van der Waals surface area contributed by atoms with Crippen molar-refractivity contribution < 1.29 is 17.6 Å². The average Bonchev–Trinajstić information content (AvgIpc) is 2.76. The Morgan fingerprint density at radius 1 is 0.472 bits per heavy atom. The number of rotatable bonds is 4. The minimum absolute atomic E-state index is 0. The smallest absolute Gasteiger partial charge is 0.207 e. The van der Waals surface area contributed by atoms with Crippen LogP contribution in [-0.2, 0) is 0 Å². The zero-order valence-electron chi connectivity index (χ0n) is 22.4. The van der Waals surface area contributed by atoms with Crippen molar-refractivity contribution in [3.05, 3.63) is 0 Å². The molecule has 0 amide bonds. The van der Waals surface area contributed by atoms with E-state index in [0.717, 1.165) is 56.3 Å². The van der Waals surface area contributed by atoms with Crippen molar-refractivity contribution in [1.29, 1.82) is 0 Å². The minimum Gasteiger partial charge on any atom is -0.207 e. The second kappa shape index (κ2) is 14.8. The Kier molecular flexibility index (Phi) is 13.8. The van der Waals surface area contributed by atoms with Gasteiger partial charge in [-0.2, -0.15) is 0 Å². The third-order valence-electron chi connectivity index (χ3n) is 10.1. The summed E-state index contributed by atoms with van der Waals surface area (Å²) >= 11 is 0. The van der Waals surface area contributed by atoms with Gasteiger partial charge in [-0.1, -0.05) is 100 Å². The highest BCUT2D eigenvalue weighted by atomic mass is 19.3. The van der Waals surface area contributed by atoms with Gasteiger partial charge < -0.3 is 0 Å². The minimum atomic E-state index is -2.40. The number of hydrogen-bond donors (Lipinski definition) is 0. The van der Waals surface area contributed by atoms with Crippen molar-refractivity contribution in [3.63, 3.8) is 0 Å². The van der Waals surface area contributed by atoms with Gasteiger partial charge in [-0.3, -0.25) is 0 Å². The molecule has 0 spiro atoms. The lowest BCUT2D eigenvalue weighted by atomic mass is 9.72. The van der Waals surface area contributed by atoms with E-state index < -0.39 is 17.8 Å². The zero-order chi connectivity index (χ0) is 24.9. The van der Waals surface area contributed by atoms with E-state index in [1.165, 1.54) is 51.4 Å². The molecular formula is C32H60F4. The summed E-state index contributed by atoms with van der Waals surface area (Å²) in [6.45, 7) is 8.27. The molecule has 4 unspecified atom stereocenters. The Morgan fingerprint density at radius 2 is 0.917 bits per heavy atom. The molecular weight excluding hydrogens is 460 g/mol. The molecule has 0 heterocycles. The van der Waals surface area contributed by atoms with E-state index in [2.05, 4.69) is 13.8 Å². The Morgan fingerprint density at radius 3 is 1.39 bits per heavy atom. The van der Waals surface area contributed by atoms with Gasteiger partial charge in [0.1, 0.15) is 0 Å². The number of alkyl halides is 4. The molecule has 4 atom stereocenters. The van der Waals surface area contributed by atoms with Gasteiger partial charge in [-0.25, -0.2) is 17.6 Å². The van der Waals surface area contributed by atoms with E-state index in [0.29, 0.717) is 11.8 Å². The molecule has 4 saturated carbocycles. The molecule has 0 saturated heterocycles. The van der Waals surface area contributed by atoms with Crippen LogP contribution in [-0.4, -0.2) is 11.8 Å². The maximum atomic E-state index is 14.0. The lowest BCUT2D eigenvalue weighted by Gasteiger charge is -2.38. The summed E-state index contributed by atoms with van der Waals surface area (Å²) in [5.74, 6) is -2.01. The fourth-order valence-corrected chi connectivity index (χ4v) is 7.31. The van der Waals surface area contributed by atoms with E-state index in [9.17, 15) is 17.6 Å². The van der Waals surface area contributed by atoms with Crippen molar-refractivity contribution in [3.8, 4) is 0 Å². The van der Waals surface area contributed by atoms with Gasteiger partial charge in [0.25, 0.3) is 11.8 Å². The Balaban J connectivity index is 0.000000341. The normalized spacial score (nSPS) is 40.0. The predicted octanol–water partition coefficient (Wildman–Crippen LogP) is 11.8. The van der Waals surface area contributed by atoms with Crippen LogP contribution in [0.4, 0.5) is 17.6 Å². The van der Waals surface area contributed by atoms with Gasteiger partial charge in [0.15, 0.2) is 0 Å². The standard InChI is InChI=1S/2C15H26F2.2CH4/c1-11-3-6-13(7-4-11)9-14-8-5-12(2)15(16,17)10-14;1-11-3-6-13(7-4-11)9-14-8-5-12(2)10-15(14,16)17;;/h2*11-14H,3-10H2,1-2H3;2*1H4. The van der Waals surface area contributed by atoms with Gasteiger partial charge >= 0.3 is 0 Å². The highest BCUT2D eigenvalue weighted by Crippen LogP contribution is 2.46. The molecule has 216 valence electrons. The highest BCUT2D eigenvalue weighted by Gasteiger charge is 2.45. The van der Waals surface area contributed by atoms with E-state index in [4.69, 9.17) is 0 Å². The second-order valence-corrected chi connectivity index (χ2v) is 13.4. The third kappa shape index (κ3) is 10.1. The lowest BCUT2D eigenvalue weighted by Crippen LogP contribution is -2.36. The molecule has 4 aliphatic rings. The summed E-state index contributed by atoms with van der Waals surface area (Å²) in [6.07, 6.45) is 15.7. The summed E-state index contributed by atoms with van der Waals surface area (Å²) in [6, 6.07) is 0. The van der Waals surface area contributed by atoms with Crippen LogP contribution < -0.4 is 0 Å². The van der Waals surface area contributed by atoms with Crippen LogP contribution in [0.1, 0.15) is 145 Å². The molecule has 0 aliphatic heterocycles. The second-order valence-electron chi connectivity index (χ2n) is 13.4. The van der Waals surface area contributed by atoms with Gasteiger partial charge in [0, 0.05) is 24.7 Å².